The van der Waals surface area contributed by atoms with Crippen LogP contribution >= 0.6 is 11.6 Å². The maximum Gasteiger partial charge on any atom is 0.295 e. The lowest BCUT2D eigenvalue weighted by Crippen LogP contribution is -2.33. The van der Waals surface area contributed by atoms with Crippen molar-refractivity contribution in [2.24, 2.45) is 5.92 Å². The van der Waals surface area contributed by atoms with Gasteiger partial charge in [-0.3, -0.25) is 9.59 Å². The molecule has 0 aromatic heterocycles. The Kier molecular flexibility index (Phi) is 11.3. The molecule has 1 unspecified atom stereocenters. The van der Waals surface area contributed by atoms with Gasteiger partial charge in [0.15, 0.2) is 11.5 Å². The number of rotatable bonds is 14. The number of ketones is 1. The fourth-order valence-corrected chi connectivity index (χ4v) is 4.84. The quantitative estimate of drug-likeness (QED) is 0.167. The molecule has 1 atom stereocenters. The van der Waals surface area contributed by atoms with Gasteiger partial charge in [0, 0.05) is 17.1 Å². The fraction of sp³-hybridized carbons (Fsp3) is 0.484. The van der Waals surface area contributed by atoms with E-state index >= 15 is 0 Å². The second kappa shape index (κ2) is 14.4. The zero-order chi connectivity index (χ0) is 28.5. The van der Waals surface area contributed by atoms with Gasteiger partial charge in [-0.1, -0.05) is 45.4 Å². The van der Waals surface area contributed by atoms with Gasteiger partial charge in [0.2, 0.25) is 0 Å². The van der Waals surface area contributed by atoms with Crippen LogP contribution in [0, 0.1) is 5.92 Å². The number of carbonyl (C=O) groups excluding carboxylic acids is 2. The molecule has 0 spiro atoms. The summed E-state index contributed by atoms with van der Waals surface area (Å²) in [5.41, 5.74) is 1.15. The molecule has 1 fully saturated rings. The van der Waals surface area contributed by atoms with E-state index in [9.17, 15) is 14.7 Å². The first-order valence-corrected chi connectivity index (χ1v) is 14.3. The molecule has 212 valence electrons. The van der Waals surface area contributed by atoms with Crippen LogP contribution in [0.25, 0.3) is 5.76 Å². The Morgan fingerprint density at radius 3 is 2.33 bits per heavy atom. The van der Waals surface area contributed by atoms with E-state index in [1.807, 2.05) is 25.1 Å². The lowest BCUT2D eigenvalue weighted by atomic mass is 9.95. The van der Waals surface area contributed by atoms with Gasteiger partial charge >= 0.3 is 0 Å². The standard InChI is InChI=1S/C31H41ClN2O5/c1-6-33(7-2)17-9-18-34-28(23-12-15-25(26(20-23)38-8-3)39-19-16-21(4)5)27(30(36)31(34)37)29(35)22-10-13-24(32)14-11-22/h10-15,20-21,28,35H,6-9,16-19H2,1-5H3. The molecule has 2 aromatic rings. The average Bonchev–Trinajstić information content (AvgIpc) is 3.17. The molecule has 0 saturated carbocycles. The zero-order valence-corrected chi connectivity index (χ0v) is 24.5. The lowest BCUT2D eigenvalue weighted by molar-refractivity contribution is -0.140. The van der Waals surface area contributed by atoms with Crippen molar-refractivity contribution in [1.29, 1.82) is 0 Å². The van der Waals surface area contributed by atoms with E-state index in [0.29, 0.717) is 59.7 Å². The van der Waals surface area contributed by atoms with Crippen molar-refractivity contribution in [3.63, 3.8) is 0 Å². The van der Waals surface area contributed by atoms with Crippen LogP contribution in [-0.4, -0.2) is 66.0 Å². The van der Waals surface area contributed by atoms with Crippen molar-refractivity contribution in [3.05, 3.63) is 64.2 Å². The number of halogens is 1. The van der Waals surface area contributed by atoms with Crippen LogP contribution < -0.4 is 9.47 Å². The molecule has 0 radical (unpaired) electrons. The predicted octanol–water partition coefficient (Wildman–Crippen LogP) is 6.32. The number of Topliss-reactive ketones (excluding diaryl/α,β-unsaturated/α-hetero) is 1. The van der Waals surface area contributed by atoms with E-state index in [4.69, 9.17) is 21.1 Å². The number of aliphatic hydroxyl groups is 1. The summed E-state index contributed by atoms with van der Waals surface area (Å²) < 4.78 is 11.9. The highest BCUT2D eigenvalue weighted by molar-refractivity contribution is 6.46. The molecule has 8 heteroatoms. The van der Waals surface area contributed by atoms with E-state index < -0.39 is 17.7 Å². The van der Waals surface area contributed by atoms with E-state index in [-0.39, 0.29) is 11.3 Å². The van der Waals surface area contributed by atoms with Crippen LogP contribution in [0.15, 0.2) is 48.0 Å². The van der Waals surface area contributed by atoms with Gasteiger partial charge in [-0.2, -0.15) is 0 Å². The fourth-order valence-electron chi connectivity index (χ4n) is 4.71. The summed E-state index contributed by atoms with van der Waals surface area (Å²) in [4.78, 5) is 30.5. The van der Waals surface area contributed by atoms with Crippen molar-refractivity contribution in [2.45, 2.75) is 53.5 Å². The molecule has 3 rings (SSSR count). The van der Waals surface area contributed by atoms with Crippen LogP contribution in [0.3, 0.4) is 0 Å². The Morgan fingerprint density at radius 2 is 1.72 bits per heavy atom. The molecule has 1 saturated heterocycles. The Bertz CT molecular complexity index is 1160. The Morgan fingerprint density at radius 1 is 1.03 bits per heavy atom. The van der Waals surface area contributed by atoms with E-state index in [1.165, 1.54) is 0 Å². The zero-order valence-electron chi connectivity index (χ0n) is 23.7. The van der Waals surface area contributed by atoms with Crippen LogP contribution in [0.5, 0.6) is 11.5 Å². The van der Waals surface area contributed by atoms with Crippen molar-refractivity contribution >= 4 is 29.1 Å². The van der Waals surface area contributed by atoms with E-state index in [0.717, 1.165) is 26.1 Å². The second-order valence-electron chi connectivity index (χ2n) is 10.0. The third-order valence-corrected chi connectivity index (χ3v) is 7.21. The summed E-state index contributed by atoms with van der Waals surface area (Å²) in [7, 11) is 0. The monoisotopic (exact) mass is 556 g/mol. The minimum absolute atomic E-state index is 0.0566. The smallest absolute Gasteiger partial charge is 0.295 e. The van der Waals surface area contributed by atoms with Crippen molar-refractivity contribution in [2.75, 3.05) is 39.4 Å². The lowest BCUT2D eigenvalue weighted by Gasteiger charge is -2.27. The number of likely N-dealkylation sites (tertiary alicyclic amines) is 1. The maximum atomic E-state index is 13.4. The molecule has 0 bridgehead atoms. The molecular formula is C31H41ClN2O5. The number of nitrogens with zero attached hydrogens (tertiary/aromatic N) is 2. The first kappa shape index (κ1) is 30.5. The van der Waals surface area contributed by atoms with Crippen LogP contribution in [0.1, 0.15) is 64.6 Å². The van der Waals surface area contributed by atoms with Gasteiger partial charge in [-0.15, -0.1) is 0 Å². The number of ether oxygens (including phenoxy) is 2. The van der Waals surface area contributed by atoms with Gasteiger partial charge < -0.3 is 24.4 Å². The number of benzene rings is 2. The summed E-state index contributed by atoms with van der Waals surface area (Å²) >= 11 is 6.04. The Balaban J connectivity index is 2.05. The number of aliphatic hydroxyl groups excluding tert-OH is 1. The molecule has 7 nitrogen and oxygen atoms in total. The molecule has 2 aromatic carbocycles. The van der Waals surface area contributed by atoms with Crippen LogP contribution in [-0.2, 0) is 9.59 Å². The van der Waals surface area contributed by atoms with E-state index in [1.54, 1.807) is 29.2 Å². The minimum atomic E-state index is -0.763. The first-order chi connectivity index (χ1) is 18.7. The summed E-state index contributed by atoms with van der Waals surface area (Å²) in [5, 5.41) is 11.8. The third-order valence-electron chi connectivity index (χ3n) is 6.96. The Hall–Kier alpha value is -3.03. The number of amides is 1. The molecule has 1 amide bonds. The summed E-state index contributed by atoms with van der Waals surface area (Å²) in [6.45, 7) is 14.3. The molecule has 1 N–H and O–H groups in total. The van der Waals surface area contributed by atoms with Crippen LogP contribution in [0.4, 0.5) is 0 Å². The maximum absolute atomic E-state index is 13.4. The highest BCUT2D eigenvalue weighted by Gasteiger charge is 2.46. The van der Waals surface area contributed by atoms with Gasteiger partial charge in [-0.05, 0) is 87.3 Å². The van der Waals surface area contributed by atoms with Gasteiger partial charge in [0.1, 0.15) is 5.76 Å². The van der Waals surface area contributed by atoms with E-state index in [2.05, 4.69) is 32.6 Å². The summed E-state index contributed by atoms with van der Waals surface area (Å²) in [6, 6.07) is 11.3. The molecule has 39 heavy (non-hydrogen) atoms. The topological polar surface area (TPSA) is 79.3 Å². The first-order valence-electron chi connectivity index (χ1n) is 13.9. The highest BCUT2D eigenvalue weighted by Crippen LogP contribution is 2.42. The molecule has 1 aliphatic heterocycles. The molecule has 1 heterocycles. The number of hydrogen-bond donors (Lipinski definition) is 1. The predicted molar refractivity (Wildman–Crippen MR) is 155 cm³/mol. The van der Waals surface area contributed by atoms with Gasteiger partial charge in [0.05, 0.1) is 24.8 Å². The number of carbonyl (C=O) groups is 2. The van der Waals surface area contributed by atoms with Gasteiger partial charge in [0.25, 0.3) is 11.7 Å². The van der Waals surface area contributed by atoms with Crippen molar-refractivity contribution in [3.8, 4) is 11.5 Å². The molecule has 1 aliphatic rings. The SMILES string of the molecule is CCOc1cc(C2C(=C(O)c3ccc(Cl)cc3)C(=O)C(=O)N2CCCN(CC)CC)ccc1OCCC(C)C. The minimum Gasteiger partial charge on any atom is -0.507 e. The summed E-state index contributed by atoms with van der Waals surface area (Å²) in [6.07, 6.45) is 1.60. The van der Waals surface area contributed by atoms with Gasteiger partial charge in [-0.25, -0.2) is 0 Å². The number of hydrogen-bond acceptors (Lipinski definition) is 6. The van der Waals surface area contributed by atoms with Crippen molar-refractivity contribution in [1.82, 2.24) is 9.80 Å². The summed E-state index contributed by atoms with van der Waals surface area (Å²) in [5.74, 6) is 0.104. The average molecular weight is 557 g/mol. The highest BCUT2D eigenvalue weighted by atomic mass is 35.5. The molecule has 0 aliphatic carbocycles. The normalized spacial score (nSPS) is 16.9. The largest absolute Gasteiger partial charge is 0.507 e. The Labute approximate surface area is 237 Å². The second-order valence-corrected chi connectivity index (χ2v) is 10.5. The molecular weight excluding hydrogens is 516 g/mol. The van der Waals surface area contributed by atoms with Crippen molar-refractivity contribution < 1.29 is 24.2 Å². The van der Waals surface area contributed by atoms with Crippen LogP contribution in [0.2, 0.25) is 5.02 Å². The third kappa shape index (κ3) is 7.55.